The molecule has 1 saturated heterocycles. The number of carbonyl (C=O) groups excluding carboxylic acids is 1. The monoisotopic (exact) mass is 267 g/mol. The van der Waals surface area contributed by atoms with E-state index < -0.39 is 0 Å². The molecule has 98 valence electrons. The molecule has 1 aliphatic rings. The largest absolute Gasteiger partial charge is 0.492 e. The van der Waals surface area contributed by atoms with E-state index >= 15 is 0 Å². The molecule has 2 rings (SSSR count). The van der Waals surface area contributed by atoms with Crippen molar-refractivity contribution in [2.75, 3.05) is 26.2 Å². The van der Waals surface area contributed by atoms with Crippen LogP contribution in [0.5, 0.6) is 5.75 Å². The summed E-state index contributed by atoms with van der Waals surface area (Å²) in [5.41, 5.74) is 0.500. The molecule has 0 spiro atoms. The number of benzene rings is 1. The van der Waals surface area contributed by atoms with Gasteiger partial charge in [0.25, 0.3) is 0 Å². The number of halogens is 1. The molecule has 0 atom stereocenters. The second kappa shape index (κ2) is 6.76. The molecule has 1 aliphatic heterocycles. The first-order valence-electron chi connectivity index (χ1n) is 6.39. The molecule has 0 saturated carbocycles. The van der Waals surface area contributed by atoms with Crippen LogP contribution in [-0.4, -0.2) is 37.4 Å². The molecular weight excluding hydrogens is 250 g/mol. The van der Waals surface area contributed by atoms with Gasteiger partial charge in [-0.15, -0.1) is 0 Å². The highest BCUT2D eigenvalue weighted by Crippen LogP contribution is 2.21. The van der Waals surface area contributed by atoms with Gasteiger partial charge in [0.15, 0.2) is 6.29 Å². The fourth-order valence-electron chi connectivity index (χ4n) is 2.17. The quantitative estimate of drug-likeness (QED) is 0.768. The van der Waals surface area contributed by atoms with Gasteiger partial charge in [-0.3, -0.25) is 9.69 Å². The van der Waals surface area contributed by atoms with Crippen molar-refractivity contribution in [3.05, 3.63) is 28.8 Å². The lowest BCUT2D eigenvalue weighted by Gasteiger charge is -2.26. The van der Waals surface area contributed by atoms with E-state index in [2.05, 4.69) is 4.90 Å². The predicted octanol–water partition coefficient (Wildman–Crippen LogP) is 3.02. The number of likely N-dealkylation sites (tertiary alicyclic amines) is 1. The minimum atomic E-state index is 0.445. The number of carbonyl (C=O) groups is 1. The first kappa shape index (κ1) is 13.4. The van der Waals surface area contributed by atoms with Gasteiger partial charge < -0.3 is 4.74 Å². The molecule has 1 aromatic rings. The van der Waals surface area contributed by atoms with Crippen LogP contribution in [-0.2, 0) is 0 Å². The third-order valence-corrected chi connectivity index (χ3v) is 3.55. The van der Waals surface area contributed by atoms with Crippen LogP contribution in [0.1, 0.15) is 29.6 Å². The second-order valence-electron chi connectivity index (χ2n) is 4.55. The molecule has 4 heteroatoms. The Labute approximate surface area is 113 Å². The molecular formula is C14H18ClNO2. The molecule has 0 aliphatic carbocycles. The van der Waals surface area contributed by atoms with Gasteiger partial charge in [-0.2, -0.15) is 0 Å². The summed E-state index contributed by atoms with van der Waals surface area (Å²) in [6.45, 7) is 3.96. The van der Waals surface area contributed by atoms with Gasteiger partial charge in [0.05, 0.1) is 5.02 Å². The van der Waals surface area contributed by atoms with E-state index in [0.717, 1.165) is 18.6 Å². The Morgan fingerprint density at radius 2 is 2.06 bits per heavy atom. The van der Waals surface area contributed by atoms with Crippen LogP contribution >= 0.6 is 11.6 Å². The molecule has 1 aromatic carbocycles. The van der Waals surface area contributed by atoms with Crippen molar-refractivity contribution in [3.8, 4) is 5.75 Å². The van der Waals surface area contributed by atoms with Crippen LogP contribution in [0.15, 0.2) is 18.2 Å². The van der Waals surface area contributed by atoms with Gasteiger partial charge in [0.1, 0.15) is 12.4 Å². The molecule has 3 nitrogen and oxygen atoms in total. The fraction of sp³-hybridized carbons (Fsp3) is 0.500. The zero-order chi connectivity index (χ0) is 12.8. The third kappa shape index (κ3) is 3.72. The van der Waals surface area contributed by atoms with Crippen molar-refractivity contribution < 1.29 is 9.53 Å². The van der Waals surface area contributed by atoms with Crippen molar-refractivity contribution >= 4 is 17.9 Å². The topological polar surface area (TPSA) is 29.5 Å². The highest BCUT2D eigenvalue weighted by molar-refractivity contribution is 6.33. The minimum absolute atomic E-state index is 0.445. The van der Waals surface area contributed by atoms with E-state index in [9.17, 15) is 4.79 Å². The second-order valence-corrected chi connectivity index (χ2v) is 4.96. The van der Waals surface area contributed by atoms with E-state index in [4.69, 9.17) is 16.3 Å². The summed E-state index contributed by atoms with van der Waals surface area (Å²) in [5.74, 6) is 0.725. The van der Waals surface area contributed by atoms with Crippen molar-refractivity contribution in [2.24, 2.45) is 0 Å². The van der Waals surface area contributed by atoms with Crippen LogP contribution in [0.2, 0.25) is 5.02 Å². The van der Waals surface area contributed by atoms with Crippen LogP contribution < -0.4 is 4.74 Å². The zero-order valence-electron chi connectivity index (χ0n) is 10.4. The summed E-state index contributed by atoms with van der Waals surface area (Å²) in [4.78, 5) is 13.0. The van der Waals surface area contributed by atoms with Crippen LogP contribution in [0, 0.1) is 0 Å². The summed E-state index contributed by atoms with van der Waals surface area (Å²) in [7, 11) is 0. The summed E-state index contributed by atoms with van der Waals surface area (Å²) >= 11 is 5.94. The number of hydrogen-bond acceptors (Lipinski definition) is 3. The molecule has 0 amide bonds. The summed E-state index contributed by atoms with van der Waals surface area (Å²) in [5, 5.41) is 0.445. The van der Waals surface area contributed by atoms with E-state index in [-0.39, 0.29) is 0 Å². The SMILES string of the molecule is O=Cc1ccc(OCCN2CCCCC2)cc1Cl. The van der Waals surface area contributed by atoms with Crippen molar-refractivity contribution in [3.63, 3.8) is 0 Å². The number of piperidine rings is 1. The number of ether oxygens (including phenoxy) is 1. The number of hydrogen-bond donors (Lipinski definition) is 0. The van der Waals surface area contributed by atoms with Gasteiger partial charge in [-0.1, -0.05) is 18.0 Å². The molecule has 1 heterocycles. The Morgan fingerprint density at radius 3 is 2.72 bits per heavy atom. The third-order valence-electron chi connectivity index (χ3n) is 3.22. The van der Waals surface area contributed by atoms with E-state index in [1.807, 2.05) is 0 Å². The highest BCUT2D eigenvalue weighted by atomic mass is 35.5. The molecule has 0 bridgehead atoms. The lowest BCUT2D eigenvalue weighted by molar-refractivity contribution is 0.112. The molecule has 0 unspecified atom stereocenters. The van der Waals surface area contributed by atoms with Crippen LogP contribution in [0.3, 0.4) is 0 Å². The molecule has 0 aromatic heterocycles. The number of aldehydes is 1. The summed E-state index contributed by atoms with van der Waals surface area (Å²) in [6, 6.07) is 5.17. The predicted molar refractivity (Wildman–Crippen MR) is 72.6 cm³/mol. The number of rotatable bonds is 5. The normalized spacial score (nSPS) is 16.5. The highest BCUT2D eigenvalue weighted by Gasteiger charge is 2.09. The van der Waals surface area contributed by atoms with E-state index in [1.165, 1.54) is 32.4 Å². The smallest absolute Gasteiger partial charge is 0.151 e. The van der Waals surface area contributed by atoms with Gasteiger partial charge in [0, 0.05) is 12.1 Å². The number of nitrogens with zero attached hydrogens (tertiary/aromatic N) is 1. The first-order valence-corrected chi connectivity index (χ1v) is 6.77. The van der Waals surface area contributed by atoms with Gasteiger partial charge in [0.2, 0.25) is 0 Å². The summed E-state index contributed by atoms with van der Waals surface area (Å²) in [6.07, 6.45) is 4.68. The zero-order valence-corrected chi connectivity index (χ0v) is 11.2. The van der Waals surface area contributed by atoms with Crippen molar-refractivity contribution in [1.29, 1.82) is 0 Å². The lowest BCUT2D eigenvalue weighted by Crippen LogP contribution is -2.33. The molecule has 0 N–H and O–H groups in total. The molecule has 0 radical (unpaired) electrons. The Kier molecular flexibility index (Phi) is 5.02. The Balaban J connectivity index is 1.79. The summed E-state index contributed by atoms with van der Waals surface area (Å²) < 4.78 is 5.65. The van der Waals surface area contributed by atoms with E-state index in [1.54, 1.807) is 18.2 Å². The average Bonchev–Trinajstić information content (AvgIpc) is 2.40. The maximum atomic E-state index is 10.6. The van der Waals surface area contributed by atoms with Crippen LogP contribution in [0.4, 0.5) is 0 Å². The Hall–Kier alpha value is -1.06. The van der Waals surface area contributed by atoms with Crippen LogP contribution in [0.25, 0.3) is 0 Å². The fourth-order valence-corrected chi connectivity index (χ4v) is 2.38. The average molecular weight is 268 g/mol. The molecule has 1 fully saturated rings. The van der Waals surface area contributed by atoms with Gasteiger partial charge >= 0.3 is 0 Å². The Morgan fingerprint density at radius 1 is 1.28 bits per heavy atom. The Bertz CT molecular complexity index is 403. The lowest BCUT2D eigenvalue weighted by atomic mass is 10.1. The maximum Gasteiger partial charge on any atom is 0.151 e. The van der Waals surface area contributed by atoms with E-state index in [0.29, 0.717) is 17.2 Å². The van der Waals surface area contributed by atoms with Gasteiger partial charge in [-0.25, -0.2) is 0 Å². The standard InChI is InChI=1S/C14H18ClNO2/c15-14-10-13(5-4-12(14)11-17)18-9-8-16-6-2-1-3-7-16/h4-5,10-11H,1-3,6-9H2. The molecule has 18 heavy (non-hydrogen) atoms. The van der Waals surface area contributed by atoms with Crippen molar-refractivity contribution in [2.45, 2.75) is 19.3 Å². The minimum Gasteiger partial charge on any atom is -0.492 e. The van der Waals surface area contributed by atoms with Gasteiger partial charge in [-0.05, 0) is 44.1 Å². The maximum absolute atomic E-state index is 10.6. The first-order chi connectivity index (χ1) is 8.79. The van der Waals surface area contributed by atoms with Crippen molar-refractivity contribution in [1.82, 2.24) is 4.90 Å².